The molecule has 0 saturated heterocycles. The maximum absolute atomic E-state index is 5.38. The highest BCUT2D eigenvalue weighted by atomic mass is 32.1. The van der Waals surface area contributed by atoms with Crippen molar-refractivity contribution in [2.75, 3.05) is 0 Å². The largest absolute Gasteiger partial charge is 0.307 e. The Morgan fingerprint density at radius 2 is 0.980 bits per heavy atom. The van der Waals surface area contributed by atoms with Crippen molar-refractivity contribution in [3.05, 3.63) is 170 Å². The highest BCUT2D eigenvalue weighted by Crippen LogP contribution is 2.42. The van der Waals surface area contributed by atoms with Gasteiger partial charge in [0.15, 0.2) is 5.82 Å². The van der Waals surface area contributed by atoms with Gasteiger partial charge < -0.3 is 4.57 Å². The number of nitrogens with zero attached hydrogens (tertiary/aromatic N) is 4. The van der Waals surface area contributed by atoms with Gasteiger partial charge in [0.1, 0.15) is 5.82 Å². The molecule has 11 rings (SSSR count). The molecule has 0 bridgehead atoms. The van der Waals surface area contributed by atoms with Crippen LogP contribution in [0.5, 0.6) is 0 Å². The Bertz CT molecular complexity index is 3130. The molecule has 0 radical (unpaired) electrons. The van der Waals surface area contributed by atoms with Gasteiger partial charge in [0.25, 0.3) is 0 Å². The van der Waals surface area contributed by atoms with Gasteiger partial charge in [-0.25, -0.2) is 9.97 Å². The van der Waals surface area contributed by atoms with E-state index in [0.717, 1.165) is 44.9 Å². The molecule has 5 heteroatoms. The smallest absolute Gasteiger partial charge is 0.162 e. The van der Waals surface area contributed by atoms with Crippen LogP contribution in [0.2, 0.25) is 0 Å². The molecule has 0 spiro atoms. The molecule has 4 heterocycles. The lowest BCUT2D eigenvalue weighted by molar-refractivity contribution is 1.05. The molecule has 0 N–H and O–H groups in total. The van der Waals surface area contributed by atoms with Gasteiger partial charge in [-0.3, -0.25) is 4.57 Å². The van der Waals surface area contributed by atoms with Crippen molar-refractivity contribution in [2.24, 2.45) is 0 Å². The summed E-state index contributed by atoms with van der Waals surface area (Å²) in [6.45, 7) is 0. The van der Waals surface area contributed by atoms with Crippen LogP contribution in [0.4, 0.5) is 0 Å². The van der Waals surface area contributed by atoms with Gasteiger partial charge in [0, 0.05) is 64.6 Å². The van der Waals surface area contributed by atoms with Crippen molar-refractivity contribution in [3.8, 4) is 34.2 Å². The Balaban J connectivity index is 1.28. The van der Waals surface area contributed by atoms with E-state index in [1.807, 2.05) is 17.4 Å². The maximum Gasteiger partial charge on any atom is 0.162 e. The third kappa shape index (κ3) is 4.25. The van der Waals surface area contributed by atoms with Gasteiger partial charge >= 0.3 is 0 Å². The van der Waals surface area contributed by atoms with Gasteiger partial charge in [0.05, 0.1) is 27.8 Å². The molecular formula is C46H28N4S. The standard InChI is InChI=1S/C46H28N4S/c1-3-13-29(14-4-1)46-47-38(30-23-26-42-37(27-30)34-19-9-12-22-41(34)51-42)28-43(48-46)50-40-21-11-8-18-33(40)36-25-24-35-32-17-7-10-20-39(32)49(44(35)45(36)50)31-15-5-2-6-16-31/h1-28H. The lowest BCUT2D eigenvalue weighted by atomic mass is 10.1. The van der Waals surface area contributed by atoms with Crippen LogP contribution in [0.25, 0.3) is 97.9 Å². The monoisotopic (exact) mass is 668 g/mol. The van der Waals surface area contributed by atoms with Crippen LogP contribution in [0, 0.1) is 0 Å². The third-order valence-corrected chi connectivity index (χ3v) is 11.3. The number of fused-ring (bicyclic) bond motifs is 10. The van der Waals surface area contributed by atoms with E-state index in [1.54, 1.807) is 0 Å². The number of rotatable bonds is 4. The van der Waals surface area contributed by atoms with Crippen LogP contribution in [0.1, 0.15) is 0 Å². The van der Waals surface area contributed by atoms with E-state index in [9.17, 15) is 0 Å². The lowest BCUT2D eigenvalue weighted by Crippen LogP contribution is -2.04. The van der Waals surface area contributed by atoms with E-state index < -0.39 is 0 Å². The van der Waals surface area contributed by atoms with Crippen molar-refractivity contribution in [2.45, 2.75) is 0 Å². The van der Waals surface area contributed by atoms with Crippen molar-refractivity contribution in [3.63, 3.8) is 0 Å². The summed E-state index contributed by atoms with van der Waals surface area (Å²) in [5.41, 5.74) is 8.61. The summed E-state index contributed by atoms with van der Waals surface area (Å²) in [5, 5.41) is 7.33. The topological polar surface area (TPSA) is 35.6 Å². The predicted octanol–water partition coefficient (Wildman–Crippen LogP) is 12.4. The molecule has 0 aliphatic carbocycles. The summed E-state index contributed by atoms with van der Waals surface area (Å²) < 4.78 is 7.34. The van der Waals surface area contributed by atoms with Crippen LogP contribution in [0.15, 0.2) is 170 Å². The third-order valence-electron chi connectivity index (χ3n) is 10.1. The molecule has 11 aromatic rings. The quantitative estimate of drug-likeness (QED) is 0.187. The minimum absolute atomic E-state index is 0.695. The first-order valence-corrected chi connectivity index (χ1v) is 18.0. The maximum atomic E-state index is 5.38. The predicted molar refractivity (Wildman–Crippen MR) is 214 cm³/mol. The van der Waals surface area contributed by atoms with Gasteiger partial charge in [-0.2, -0.15) is 0 Å². The second-order valence-corrected chi connectivity index (χ2v) is 14.1. The Morgan fingerprint density at radius 3 is 1.73 bits per heavy atom. The summed E-state index contributed by atoms with van der Waals surface area (Å²) in [5.74, 6) is 1.53. The average molecular weight is 669 g/mol. The zero-order valence-electron chi connectivity index (χ0n) is 27.4. The average Bonchev–Trinajstić information content (AvgIpc) is 3.86. The van der Waals surface area contributed by atoms with Gasteiger partial charge in [-0.05, 0) is 42.5 Å². The number of para-hydroxylation sites is 3. The number of hydrogen-bond donors (Lipinski definition) is 0. The van der Waals surface area contributed by atoms with Gasteiger partial charge in [-0.15, -0.1) is 11.3 Å². The van der Waals surface area contributed by atoms with Crippen LogP contribution in [-0.2, 0) is 0 Å². The molecular weight excluding hydrogens is 641 g/mol. The summed E-state index contributed by atoms with van der Waals surface area (Å²) in [6.07, 6.45) is 0. The molecule has 0 fully saturated rings. The zero-order valence-corrected chi connectivity index (χ0v) is 28.2. The SMILES string of the molecule is c1ccc(-c2nc(-c3ccc4sc5ccccc5c4c3)cc(-n3c4ccccc4c4ccc5c6ccccc6n(-c6ccccc6)c5c43)n2)cc1. The molecule has 0 aliphatic heterocycles. The fourth-order valence-electron chi connectivity index (χ4n) is 7.88. The fraction of sp³-hybridized carbons (Fsp3) is 0. The second kappa shape index (κ2) is 11.0. The molecule has 238 valence electrons. The minimum Gasteiger partial charge on any atom is -0.307 e. The second-order valence-electron chi connectivity index (χ2n) is 13.0. The molecule has 4 nitrogen and oxygen atoms in total. The van der Waals surface area contributed by atoms with E-state index in [2.05, 4.69) is 173 Å². The van der Waals surface area contributed by atoms with Crippen molar-refractivity contribution in [1.82, 2.24) is 19.1 Å². The Morgan fingerprint density at radius 1 is 0.392 bits per heavy atom. The molecule has 4 aromatic heterocycles. The number of thiophene rings is 1. The molecule has 51 heavy (non-hydrogen) atoms. The molecule has 0 aliphatic rings. The van der Waals surface area contributed by atoms with Crippen LogP contribution < -0.4 is 0 Å². The van der Waals surface area contributed by atoms with E-state index in [1.165, 1.54) is 47.2 Å². The summed E-state index contributed by atoms with van der Waals surface area (Å²) >= 11 is 1.83. The van der Waals surface area contributed by atoms with Crippen molar-refractivity contribution >= 4 is 75.1 Å². The molecule has 0 unspecified atom stereocenters. The van der Waals surface area contributed by atoms with Crippen LogP contribution in [-0.4, -0.2) is 19.1 Å². The number of aromatic nitrogens is 4. The van der Waals surface area contributed by atoms with Gasteiger partial charge in [0.2, 0.25) is 0 Å². The zero-order chi connectivity index (χ0) is 33.5. The van der Waals surface area contributed by atoms with Crippen molar-refractivity contribution in [1.29, 1.82) is 0 Å². The summed E-state index contributed by atoms with van der Waals surface area (Å²) in [7, 11) is 0. The highest BCUT2D eigenvalue weighted by molar-refractivity contribution is 7.25. The molecule has 7 aromatic carbocycles. The highest BCUT2D eigenvalue weighted by Gasteiger charge is 2.22. The fourth-order valence-corrected chi connectivity index (χ4v) is 8.97. The lowest BCUT2D eigenvalue weighted by Gasteiger charge is -2.14. The first-order chi connectivity index (χ1) is 25.3. The van der Waals surface area contributed by atoms with Crippen LogP contribution >= 0.6 is 11.3 Å². The van der Waals surface area contributed by atoms with Crippen LogP contribution in [0.3, 0.4) is 0 Å². The van der Waals surface area contributed by atoms with E-state index in [-0.39, 0.29) is 0 Å². The Kier molecular flexibility index (Phi) is 6.09. The number of hydrogen-bond acceptors (Lipinski definition) is 3. The first kappa shape index (κ1) is 28.3. The summed E-state index contributed by atoms with van der Waals surface area (Å²) in [6, 6.07) is 60.6. The van der Waals surface area contributed by atoms with E-state index >= 15 is 0 Å². The van der Waals surface area contributed by atoms with E-state index in [0.29, 0.717) is 5.82 Å². The Hall–Kier alpha value is -6.56. The number of benzene rings is 7. The molecule has 0 amide bonds. The van der Waals surface area contributed by atoms with Crippen molar-refractivity contribution < 1.29 is 0 Å². The minimum atomic E-state index is 0.695. The Labute approximate surface area is 297 Å². The summed E-state index contributed by atoms with van der Waals surface area (Å²) in [4.78, 5) is 10.6. The molecule has 0 saturated carbocycles. The first-order valence-electron chi connectivity index (χ1n) is 17.2. The van der Waals surface area contributed by atoms with Gasteiger partial charge in [-0.1, -0.05) is 121 Å². The normalized spacial score (nSPS) is 11.9. The van der Waals surface area contributed by atoms with E-state index in [4.69, 9.17) is 9.97 Å². The molecule has 0 atom stereocenters.